The zero-order valence-corrected chi connectivity index (χ0v) is 11.4. The topological polar surface area (TPSA) is 75.3 Å². The number of nitrogens with two attached hydrogens (primary N) is 1. The Morgan fingerprint density at radius 3 is 2.45 bits per heavy atom. The SMILES string of the molecule is Cc1c(O)cccc1C(=O)NCc1ccc(CN)cc1. The number of benzene rings is 2. The molecule has 4 nitrogen and oxygen atoms in total. The van der Waals surface area contributed by atoms with Crippen LogP contribution < -0.4 is 11.1 Å². The molecule has 2 rings (SSSR count). The van der Waals surface area contributed by atoms with E-state index in [2.05, 4.69) is 5.32 Å². The highest BCUT2D eigenvalue weighted by Crippen LogP contribution is 2.19. The van der Waals surface area contributed by atoms with Crippen LogP contribution in [0, 0.1) is 6.92 Å². The predicted octanol–water partition coefficient (Wildman–Crippen LogP) is 2.09. The van der Waals surface area contributed by atoms with E-state index < -0.39 is 0 Å². The van der Waals surface area contributed by atoms with Gasteiger partial charge in [0.05, 0.1) is 0 Å². The van der Waals surface area contributed by atoms with Gasteiger partial charge in [-0.1, -0.05) is 30.3 Å². The van der Waals surface area contributed by atoms with E-state index in [4.69, 9.17) is 5.73 Å². The molecule has 0 saturated heterocycles. The number of carbonyl (C=O) groups is 1. The largest absolute Gasteiger partial charge is 0.508 e. The van der Waals surface area contributed by atoms with Gasteiger partial charge < -0.3 is 16.2 Å². The Bertz CT molecular complexity index is 606. The average molecular weight is 270 g/mol. The first-order valence-electron chi connectivity index (χ1n) is 6.46. The molecule has 0 spiro atoms. The summed E-state index contributed by atoms with van der Waals surface area (Å²) >= 11 is 0. The van der Waals surface area contributed by atoms with E-state index in [9.17, 15) is 9.90 Å². The maximum atomic E-state index is 12.1. The second kappa shape index (κ2) is 6.21. The maximum Gasteiger partial charge on any atom is 0.251 e. The molecular weight excluding hydrogens is 252 g/mol. The second-order valence-corrected chi connectivity index (χ2v) is 4.65. The van der Waals surface area contributed by atoms with Crippen molar-refractivity contribution in [2.45, 2.75) is 20.0 Å². The van der Waals surface area contributed by atoms with E-state index in [-0.39, 0.29) is 11.7 Å². The molecule has 0 fully saturated rings. The standard InChI is InChI=1S/C16H18N2O2/c1-11-14(3-2-4-15(11)19)16(20)18-10-13-7-5-12(9-17)6-8-13/h2-8,19H,9-10,17H2,1H3,(H,18,20). The van der Waals surface area contributed by atoms with Crippen LogP contribution in [0.2, 0.25) is 0 Å². The Morgan fingerprint density at radius 2 is 1.80 bits per heavy atom. The van der Waals surface area contributed by atoms with Crippen LogP contribution in [0.1, 0.15) is 27.0 Å². The van der Waals surface area contributed by atoms with Gasteiger partial charge in [0.25, 0.3) is 5.91 Å². The number of nitrogens with one attached hydrogen (secondary N) is 1. The number of rotatable bonds is 4. The minimum atomic E-state index is -0.193. The van der Waals surface area contributed by atoms with Gasteiger partial charge in [-0.3, -0.25) is 4.79 Å². The third kappa shape index (κ3) is 3.16. The van der Waals surface area contributed by atoms with Crippen molar-refractivity contribution >= 4 is 5.91 Å². The molecule has 0 aliphatic carbocycles. The predicted molar refractivity (Wildman–Crippen MR) is 78.3 cm³/mol. The normalized spacial score (nSPS) is 10.3. The molecule has 1 amide bonds. The minimum Gasteiger partial charge on any atom is -0.508 e. The van der Waals surface area contributed by atoms with Gasteiger partial charge in [0, 0.05) is 24.2 Å². The number of carbonyl (C=O) groups excluding carboxylic acids is 1. The van der Waals surface area contributed by atoms with Gasteiger partial charge in [0.2, 0.25) is 0 Å². The van der Waals surface area contributed by atoms with Crippen LogP contribution in [0.4, 0.5) is 0 Å². The summed E-state index contributed by atoms with van der Waals surface area (Å²) in [6.07, 6.45) is 0. The average Bonchev–Trinajstić information content (AvgIpc) is 2.48. The van der Waals surface area contributed by atoms with Crippen LogP contribution in [-0.4, -0.2) is 11.0 Å². The zero-order chi connectivity index (χ0) is 14.5. The first-order valence-corrected chi connectivity index (χ1v) is 6.46. The highest BCUT2D eigenvalue weighted by atomic mass is 16.3. The fraction of sp³-hybridized carbons (Fsp3) is 0.188. The van der Waals surface area contributed by atoms with E-state index in [0.717, 1.165) is 11.1 Å². The molecule has 104 valence electrons. The molecule has 0 aliphatic rings. The van der Waals surface area contributed by atoms with Gasteiger partial charge in [-0.15, -0.1) is 0 Å². The third-order valence-corrected chi connectivity index (χ3v) is 3.26. The number of phenolic OH excluding ortho intramolecular Hbond substituents is 1. The summed E-state index contributed by atoms with van der Waals surface area (Å²) in [5.74, 6) is -0.0637. The monoisotopic (exact) mass is 270 g/mol. The molecule has 4 heteroatoms. The van der Waals surface area contributed by atoms with Crippen LogP contribution in [0.5, 0.6) is 5.75 Å². The summed E-state index contributed by atoms with van der Waals surface area (Å²) in [6.45, 7) is 2.67. The van der Waals surface area contributed by atoms with E-state index in [1.807, 2.05) is 24.3 Å². The molecule has 0 unspecified atom stereocenters. The summed E-state index contributed by atoms with van der Waals surface area (Å²) in [6, 6.07) is 12.7. The van der Waals surface area contributed by atoms with Crippen LogP contribution in [0.25, 0.3) is 0 Å². The lowest BCUT2D eigenvalue weighted by Crippen LogP contribution is -2.23. The molecule has 0 bridgehead atoms. The summed E-state index contributed by atoms with van der Waals surface area (Å²) in [5, 5.41) is 12.4. The van der Waals surface area contributed by atoms with Crippen molar-refractivity contribution in [2.75, 3.05) is 0 Å². The minimum absolute atomic E-state index is 0.130. The Kier molecular flexibility index (Phi) is 4.38. The van der Waals surface area contributed by atoms with Crippen molar-refractivity contribution in [1.29, 1.82) is 0 Å². The summed E-state index contributed by atoms with van der Waals surface area (Å²) in [5.41, 5.74) is 8.68. The van der Waals surface area contributed by atoms with Crippen molar-refractivity contribution in [2.24, 2.45) is 5.73 Å². The molecule has 2 aromatic carbocycles. The van der Waals surface area contributed by atoms with Crippen molar-refractivity contribution in [1.82, 2.24) is 5.32 Å². The molecule has 0 saturated carbocycles. The molecule has 0 aliphatic heterocycles. The van der Waals surface area contributed by atoms with Gasteiger partial charge in [-0.25, -0.2) is 0 Å². The molecule has 20 heavy (non-hydrogen) atoms. The van der Waals surface area contributed by atoms with E-state index >= 15 is 0 Å². The highest BCUT2D eigenvalue weighted by molar-refractivity contribution is 5.96. The zero-order valence-electron chi connectivity index (χ0n) is 11.4. The summed E-state index contributed by atoms with van der Waals surface area (Å²) in [4.78, 5) is 12.1. The molecule has 0 radical (unpaired) electrons. The lowest BCUT2D eigenvalue weighted by atomic mass is 10.1. The van der Waals surface area contributed by atoms with E-state index in [0.29, 0.717) is 24.2 Å². The molecule has 4 N–H and O–H groups in total. The van der Waals surface area contributed by atoms with Gasteiger partial charge in [0.1, 0.15) is 5.75 Å². The van der Waals surface area contributed by atoms with Crippen molar-refractivity contribution in [3.63, 3.8) is 0 Å². The maximum absolute atomic E-state index is 12.1. The fourth-order valence-electron chi connectivity index (χ4n) is 1.94. The van der Waals surface area contributed by atoms with Crippen LogP contribution in [0.15, 0.2) is 42.5 Å². The van der Waals surface area contributed by atoms with Crippen molar-refractivity contribution < 1.29 is 9.90 Å². The van der Waals surface area contributed by atoms with Crippen LogP contribution >= 0.6 is 0 Å². The Hall–Kier alpha value is -2.33. The van der Waals surface area contributed by atoms with Crippen LogP contribution in [0.3, 0.4) is 0 Å². The quantitative estimate of drug-likeness (QED) is 0.796. The van der Waals surface area contributed by atoms with E-state index in [1.54, 1.807) is 25.1 Å². The van der Waals surface area contributed by atoms with Gasteiger partial charge in [-0.05, 0) is 30.2 Å². The van der Waals surface area contributed by atoms with Crippen molar-refractivity contribution in [3.8, 4) is 5.75 Å². The van der Waals surface area contributed by atoms with Gasteiger partial charge in [0.15, 0.2) is 0 Å². The number of aromatic hydroxyl groups is 1. The lowest BCUT2D eigenvalue weighted by Gasteiger charge is -2.09. The molecule has 0 atom stereocenters. The first kappa shape index (κ1) is 14.1. The smallest absolute Gasteiger partial charge is 0.251 e. The number of hydrogen-bond donors (Lipinski definition) is 3. The van der Waals surface area contributed by atoms with Crippen molar-refractivity contribution in [3.05, 3.63) is 64.7 Å². The third-order valence-electron chi connectivity index (χ3n) is 3.26. The number of amides is 1. The Labute approximate surface area is 118 Å². The second-order valence-electron chi connectivity index (χ2n) is 4.65. The van der Waals surface area contributed by atoms with Crippen LogP contribution in [-0.2, 0) is 13.1 Å². The van der Waals surface area contributed by atoms with Gasteiger partial charge in [-0.2, -0.15) is 0 Å². The molecule has 0 aromatic heterocycles. The molecule has 0 heterocycles. The summed E-state index contributed by atoms with van der Waals surface area (Å²) in [7, 11) is 0. The fourth-order valence-corrected chi connectivity index (χ4v) is 1.94. The number of hydrogen-bond acceptors (Lipinski definition) is 3. The number of phenols is 1. The molecular formula is C16H18N2O2. The lowest BCUT2D eigenvalue weighted by molar-refractivity contribution is 0.0950. The first-order chi connectivity index (χ1) is 9.61. The summed E-state index contributed by atoms with van der Waals surface area (Å²) < 4.78 is 0. The Morgan fingerprint density at radius 1 is 1.15 bits per heavy atom. The van der Waals surface area contributed by atoms with E-state index in [1.165, 1.54) is 0 Å². The van der Waals surface area contributed by atoms with Gasteiger partial charge >= 0.3 is 0 Å². The molecule has 2 aromatic rings. The highest BCUT2D eigenvalue weighted by Gasteiger charge is 2.10. The Balaban J connectivity index is 2.02.